The molecule has 0 amide bonds. The summed E-state index contributed by atoms with van der Waals surface area (Å²) in [6.07, 6.45) is 9.67. The molecule has 1 atom stereocenters. The minimum absolute atomic E-state index is 0.00662. The number of aliphatic hydroxyl groups is 1. The molecule has 0 spiro atoms. The van der Waals surface area contributed by atoms with E-state index in [4.69, 9.17) is 9.52 Å². The summed E-state index contributed by atoms with van der Waals surface area (Å²) in [5.41, 5.74) is 1.15. The third kappa shape index (κ3) is 1.68. The van der Waals surface area contributed by atoms with Gasteiger partial charge in [0.05, 0.1) is 6.26 Å². The SMILES string of the molecule is OCc1occc1C1C=CCCC1. The van der Waals surface area contributed by atoms with Gasteiger partial charge < -0.3 is 9.52 Å². The van der Waals surface area contributed by atoms with Crippen LogP contribution in [0.4, 0.5) is 0 Å². The highest BCUT2D eigenvalue weighted by molar-refractivity contribution is 5.26. The van der Waals surface area contributed by atoms with E-state index in [1.54, 1.807) is 6.26 Å². The van der Waals surface area contributed by atoms with Gasteiger partial charge in [-0.3, -0.25) is 0 Å². The molecule has 2 heteroatoms. The van der Waals surface area contributed by atoms with E-state index in [0.29, 0.717) is 5.92 Å². The summed E-state index contributed by atoms with van der Waals surface area (Å²) in [7, 11) is 0. The van der Waals surface area contributed by atoms with E-state index in [2.05, 4.69) is 12.2 Å². The predicted octanol–water partition coefficient (Wildman–Crippen LogP) is 2.60. The maximum Gasteiger partial charge on any atom is 0.132 e. The molecule has 1 aliphatic rings. The second-order valence-corrected chi connectivity index (χ2v) is 3.42. The fourth-order valence-electron chi connectivity index (χ4n) is 1.88. The lowest BCUT2D eigenvalue weighted by molar-refractivity contribution is 0.245. The van der Waals surface area contributed by atoms with E-state index < -0.39 is 0 Å². The lowest BCUT2D eigenvalue weighted by atomic mass is 9.89. The lowest BCUT2D eigenvalue weighted by Gasteiger charge is -2.15. The van der Waals surface area contributed by atoms with Crippen molar-refractivity contribution in [1.29, 1.82) is 0 Å². The second kappa shape index (κ2) is 3.79. The standard InChI is InChI=1S/C11H14O2/c12-8-11-10(6-7-13-11)9-4-2-1-3-5-9/h2,4,6-7,9,12H,1,3,5,8H2. The molecule has 1 N–H and O–H groups in total. The average molecular weight is 178 g/mol. The first-order chi connectivity index (χ1) is 6.42. The summed E-state index contributed by atoms with van der Waals surface area (Å²) in [6.45, 7) is 0.00662. The summed E-state index contributed by atoms with van der Waals surface area (Å²) < 4.78 is 5.18. The van der Waals surface area contributed by atoms with Gasteiger partial charge in [0.15, 0.2) is 0 Å². The maximum absolute atomic E-state index is 9.02. The third-order valence-electron chi connectivity index (χ3n) is 2.58. The number of hydrogen-bond donors (Lipinski definition) is 1. The molecular weight excluding hydrogens is 164 g/mol. The first-order valence-electron chi connectivity index (χ1n) is 4.75. The minimum atomic E-state index is 0.00662. The van der Waals surface area contributed by atoms with Crippen molar-refractivity contribution in [3.63, 3.8) is 0 Å². The van der Waals surface area contributed by atoms with Crippen LogP contribution in [0.25, 0.3) is 0 Å². The largest absolute Gasteiger partial charge is 0.467 e. The second-order valence-electron chi connectivity index (χ2n) is 3.42. The molecule has 0 aliphatic heterocycles. The smallest absolute Gasteiger partial charge is 0.132 e. The highest BCUT2D eigenvalue weighted by atomic mass is 16.4. The molecule has 0 saturated carbocycles. The van der Waals surface area contributed by atoms with Crippen LogP contribution in [-0.4, -0.2) is 5.11 Å². The van der Waals surface area contributed by atoms with Gasteiger partial charge in [-0.25, -0.2) is 0 Å². The molecule has 13 heavy (non-hydrogen) atoms. The van der Waals surface area contributed by atoms with Crippen LogP contribution in [0.3, 0.4) is 0 Å². The van der Waals surface area contributed by atoms with Crippen molar-refractivity contribution in [2.45, 2.75) is 31.8 Å². The molecule has 0 fully saturated rings. The third-order valence-corrected chi connectivity index (χ3v) is 2.58. The molecule has 0 bridgehead atoms. The molecule has 0 saturated heterocycles. The first-order valence-corrected chi connectivity index (χ1v) is 4.75. The molecule has 1 heterocycles. The molecular formula is C11H14O2. The van der Waals surface area contributed by atoms with Crippen LogP contribution < -0.4 is 0 Å². The van der Waals surface area contributed by atoms with E-state index in [1.165, 1.54) is 19.3 Å². The van der Waals surface area contributed by atoms with Crippen molar-refractivity contribution < 1.29 is 9.52 Å². The zero-order chi connectivity index (χ0) is 9.10. The van der Waals surface area contributed by atoms with Gasteiger partial charge in [-0.2, -0.15) is 0 Å². The van der Waals surface area contributed by atoms with Crippen molar-refractivity contribution in [1.82, 2.24) is 0 Å². The number of rotatable bonds is 2. The van der Waals surface area contributed by atoms with E-state index in [0.717, 1.165) is 11.3 Å². The Morgan fingerprint density at radius 1 is 1.54 bits per heavy atom. The van der Waals surface area contributed by atoms with Crippen LogP contribution in [-0.2, 0) is 6.61 Å². The van der Waals surface area contributed by atoms with E-state index in [9.17, 15) is 0 Å². The molecule has 1 aliphatic carbocycles. The van der Waals surface area contributed by atoms with Gasteiger partial charge in [-0.05, 0) is 25.3 Å². The number of hydrogen-bond acceptors (Lipinski definition) is 2. The molecule has 1 aromatic heterocycles. The van der Waals surface area contributed by atoms with Crippen LogP contribution in [0.15, 0.2) is 28.9 Å². The molecule has 2 rings (SSSR count). The van der Waals surface area contributed by atoms with Crippen molar-refractivity contribution in [3.05, 3.63) is 35.8 Å². The van der Waals surface area contributed by atoms with Crippen molar-refractivity contribution in [3.8, 4) is 0 Å². The van der Waals surface area contributed by atoms with Crippen molar-refractivity contribution >= 4 is 0 Å². The first kappa shape index (κ1) is 8.57. The minimum Gasteiger partial charge on any atom is -0.467 e. The average Bonchev–Trinajstić information content (AvgIpc) is 2.67. The lowest BCUT2D eigenvalue weighted by Crippen LogP contribution is -2.00. The van der Waals surface area contributed by atoms with Gasteiger partial charge in [-0.1, -0.05) is 12.2 Å². The fraction of sp³-hybridized carbons (Fsp3) is 0.455. The molecule has 70 valence electrons. The normalized spacial score (nSPS) is 22.1. The monoisotopic (exact) mass is 178 g/mol. The van der Waals surface area contributed by atoms with Crippen LogP contribution in [0.1, 0.15) is 36.5 Å². The van der Waals surface area contributed by atoms with Gasteiger partial charge in [0, 0.05) is 11.5 Å². The Morgan fingerprint density at radius 2 is 2.46 bits per heavy atom. The van der Waals surface area contributed by atoms with Gasteiger partial charge >= 0.3 is 0 Å². The number of allylic oxidation sites excluding steroid dienone is 2. The Bertz CT molecular complexity index is 299. The van der Waals surface area contributed by atoms with Gasteiger partial charge in [0.1, 0.15) is 12.4 Å². The van der Waals surface area contributed by atoms with Gasteiger partial charge in [0.25, 0.3) is 0 Å². The molecule has 1 aromatic rings. The van der Waals surface area contributed by atoms with Crippen LogP contribution >= 0.6 is 0 Å². The number of aliphatic hydroxyl groups excluding tert-OH is 1. The molecule has 0 radical (unpaired) electrons. The molecule has 2 nitrogen and oxygen atoms in total. The van der Waals surface area contributed by atoms with Crippen LogP contribution in [0.2, 0.25) is 0 Å². The Morgan fingerprint density at radius 3 is 3.15 bits per heavy atom. The van der Waals surface area contributed by atoms with Crippen LogP contribution in [0, 0.1) is 0 Å². The van der Waals surface area contributed by atoms with Gasteiger partial charge in [-0.15, -0.1) is 0 Å². The Hall–Kier alpha value is -1.02. The summed E-state index contributed by atoms with van der Waals surface area (Å²) >= 11 is 0. The summed E-state index contributed by atoms with van der Waals surface area (Å²) in [4.78, 5) is 0. The predicted molar refractivity (Wildman–Crippen MR) is 50.4 cm³/mol. The number of furan rings is 1. The van der Waals surface area contributed by atoms with E-state index in [1.807, 2.05) is 6.07 Å². The highest BCUT2D eigenvalue weighted by Crippen LogP contribution is 2.30. The van der Waals surface area contributed by atoms with Crippen molar-refractivity contribution in [2.75, 3.05) is 0 Å². The van der Waals surface area contributed by atoms with Gasteiger partial charge in [0.2, 0.25) is 0 Å². The summed E-state index contributed by atoms with van der Waals surface area (Å²) in [6, 6.07) is 1.96. The fourth-order valence-corrected chi connectivity index (χ4v) is 1.88. The zero-order valence-electron chi connectivity index (χ0n) is 7.57. The van der Waals surface area contributed by atoms with Crippen LogP contribution in [0.5, 0.6) is 0 Å². The molecule has 1 unspecified atom stereocenters. The summed E-state index contributed by atoms with van der Waals surface area (Å²) in [5, 5.41) is 9.02. The highest BCUT2D eigenvalue weighted by Gasteiger charge is 2.16. The van der Waals surface area contributed by atoms with Crippen molar-refractivity contribution in [2.24, 2.45) is 0 Å². The summed E-state index contributed by atoms with van der Waals surface area (Å²) in [5.74, 6) is 1.17. The molecule has 0 aromatic carbocycles. The zero-order valence-corrected chi connectivity index (χ0v) is 7.57. The van der Waals surface area contributed by atoms with E-state index >= 15 is 0 Å². The topological polar surface area (TPSA) is 33.4 Å². The Kier molecular flexibility index (Phi) is 2.50. The Balaban J connectivity index is 2.23. The quantitative estimate of drug-likeness (QED) is 0.706. The van der Waals surface area contributed by atoms with E-state index in [-0.39, 0.29) is 6.61 Å². The Labute approximate surface area is 77.9 Å². The maximum atomic E-state index is 9.02.